The maximum atomic E-state index is 12.2. The van der Waals surface area contributed by atoms with Crippen molar-refractivity contribution in [3.8, 4) is 22.6 Å². The molecule has 0 atom stereocenters. The number of carbonyl (C=O) groups excluding carboxylic acids is 1. The van der Waals surface area contributed by atoms with Crippen molar-refractivity contribution in [2.45, 2.75) is 65.4 Å². The van der Waals surface area contributed by atoms with Gasteiger partial charge in [0.1, 0.15) is 24.7 Å². The molecule has 6 nitrogen and oxygen atoms in total. The maximum Gasteiger partial charge on any atom is 0.338 e. The van der Waals surface area contributed by atoms with Crippen LogP contribution in [0.3, 0.4) is 0 Å². The fraction of sp³-hybridized carbons (Fsp3) is 0.457. The molecule has 0 aliphatic carbocycles. The second kappa shape index (κ2) is 19.7. The van der Waals surface area contributed by atoms with E-state index in [9.17, 15) is 4.79 Å². The van der Waals surface area contributed by atoms with Crippen molar-refractivity contribution < 1.29 is 28.5 Å². The number of ether oxygens (including phenoxy) is 5. The molecule has 3 rings (SSSR count). The van der Waals surface area contributed by atoms with E-state index in [0.29, 0.717) is 45.2 Å². The largest absolute Gasteiger partial charge is 0.491 e. The van der Waals surface area contributed by atoms with Crippen molar-refractivity contribution in [1.82, 2.24) is 0 Å². The van der Waals surface area contributed by atoms with E-state index >= 15 is 0 Å². The van der Waals surface area contributed by atoms with Crippen molar-refractivity contribution in [3.05, 3.63) is 83.9 Å². The van der Waals surface area contributed by atoms with Gasteiger partial charge in [0.15, 0.2) is 0 Å². The van der Waals surface area contributed by atoms with Crippen molar-refractivity contribution in [2.24, 2.45) is 0 Å². The number of hydrogen-bond acceptors (Lipinski definition) is 6. The number of esters is 1. The van der Waals surface area contributed by atoms with E-state index in [1.54, 1.807) is 12.1 Å². The van der Waals surface area contributed by atoms with Crippen LogP contribution >= 0.6 is 0 Å². The average molecular weight is 563 g/mol. The lowest BCUT2D eigenvalue weighted by Gasteiger charge is -2.10. The van der Waals surface area contributed by atoms with Crippen LogP contribution in [0.4, 0.5) is 0 Å². The van der Waals surface area contributed by atoms with E-state index in [4.69, 9.17) is 23.7 Å². The zero-order valence-electron chi connectivity index (χ0n) is 24.8. The van der Waals surface area contributed by atoms with Gasteiger partial charge in [0, 0.05) is 6.61 Å². The van der Waals surface area contributed by atoms with Gasteiger partial charge < -0.3 is 23.7 Å². The van der Waals surface area contributed by atoms with Crippen LogP contribution in [0.5, 0.6) is 11.5 Å². The average Bonchev–Trinajstić information content (AvgIpc) is 3.01. The van der Waals surface area contributed by atoms with E-state index in [1.807, 2.05) is 60.7 Å². The molecular weight excluding hydrogens is 516 g/mol. The smallest absolute Gasteiger partial charge is 0.338 e. The fourth-order valence-corrected chi connectivity index (χ4v) is 4.13. The van der Waals surface area contributed by atoms with E-state index in [-0.39, 0.29) is 5.97 Å². The Morgan fingerprint density at radius 3 is 1.73 bits per heavy atom. The Morgan fingerprint density at radius 2 is 1.10 bits per heavy atom. The molecule has 0 unspecified atom stereocenters. The molecular formula is C35H46O6. The fourth-order valence-electron chi connectivity index (χ4n) is 4.13. The van der Waals surface area contributed by atoms with Gasteiger partial charge in [-0.15, -0.1) is 0 Å². The first kappa shape index (κ1) is 32.2. The SMILES string of the molecule is CCCCCCCOC(=O)c1ccc(COc2ccc(-c3ccc(OCCOCCOCCCC)cc3)cc2)cc1. The summed E-state index contributed by atoms with van der Waals surface area (Å²) in [5.41, 5.74) is 3.77. The topological polar surface area (TPSA) is 63.2 Å². The van der Waals surface area contributed by atoms with Crippen molar-refractivity contribution in [2.75, 3.05) is 39.6 Å². The summed E-state index contributed by atoms with van der Waals surface area (Å²) < 4.78 is 28.1. The maximum absolute atomic E-state index is 12.2. The normalized spacial score (nSPS) is 10.9. The highest BCUT2D eigenvalue weighted by molar-refractivity contribution is 5.89. The second-order valence-corrected chi connectivity index (χ2v) is 10.0. The highest BCUT2D eigenvalue weighted by atomic mass is 16.5. The van der Waals surface area contributed by atoms with Crippen LogP contribution in [0.25, 0.3) is 11.1 Å². The van der Waals surface area contributed by atoms with E-state index < -0.39 is 0 Å². The Balaban J connectivity index is 1.34. The molecule has 0 saturated heterocycles. The number of rotatable bonds is 21. The van der Waals surface area contributed by atoms with Crippen LogP contribution in [0, 0.1) is 0 Å². The molecule has 0 amide bonds. The predicted molar refractivity (Wildman–Crippen MR) is 164 cm³/mol. The summed E-state index contributed by atoms with van der Waals surface area (Å²) in [4.78, 5) is 12.2. The monoisotopic (exact) mass is 562 g/mol. The summed E-state index contributed by atoms with van der Waals surface area (Å²) in [6, 6.07) is 23.5. The van der Waals surface area contributed by atoms with Crippen LogP contribution in [-0.4, -0.2) is 45.6 Å². The van der Waals surface area contributed by atoms with Gasteiger partial charge >= 0.3 is 5.97 Å². The summed E-state index contributed by atoms with van der Waals surface area (Å²) in [6.07, 6.45) is 7.90. The quantitative estimate of drug-likeness (QED) is 0.0962. The summed E-state index contributed by atoms with van der Waals surface area (Å²) in [7, 11) is 0. The standard InChI is InChI=1S/C35H46O6/c1-3-5-7-8-9-23-40-35(36)32-12-10-29(11-13-32)28-41-34-20-16-31(17-21-34)30-14-18-33(19-15-30)39-27-26-38-25-24-37-22-6-4-2/h10-21H,3-9,22-28H2,1-2H3. The molecule has 41 heavy (non-hydrogen) atoms. The van der Waals surface area contributed by atoms with Crippen molar-refractivity contribution >= 4 is 5.97 Å². The molecule has 3 aromatic rings. The molecule has 0 fully saturated rings. The van der Waals surface area contributed by atoms with E-state index in [2.05, 4.69) is 13.8 Å². The minimum absolute atomic E-state index is 0.267. The molecule has 0 radical (unpaired) electrons. The van der Waals surface area contributed by atoms with Gasteiger partial charge in [-0.2, -0.15) is 0 Å². The first-order valence-electron chi connectivity index (χ1n) is 15.1. The summed E-state index contributed by atoms with van der Waals surface area (Å²) >= 11 is 0. The summed E-state index contributed by atoms with van der Waals surface area (Å²) in [5, 5.41) is 0. The molecule has 0 aliphatic rings. The number of carbonyl (C=O) groups is 1. The van der Waals surface area contributed by atoms with Gasteiger partial charge in [0.25, 0.3) is 0 Å². The highest BCUT2D eigenvalue weighted by Gasteiger charge is 2.07. The third kappa shape index (κ3) is 12.8. The van der Waals surface area contributed by atoms with E-state index in [1.165, 1.54) is 19.3 Å². The van der Waals surface area contributed by atoms with Crippen LogP contribution < -0.4 is 9.47 Å². The third-order valence-corrected chi connectivity index (χ3v) is 6.63. The summed E-state index contributed by atoms with van der Waals surface area (Å²) in [6.45, 7) is 8.31. The highest BCUT2D eigenvalue weighted by Crippen LogP contribution is 2.25. The Labute approximate surface area is 245 Å². The number of hydrogen-bond donors (Lipinski definition) is 0. The first-order valence-corrected chi connectivity index (χ1v) is 15.1. The molecule has 0 N–H and O–H groups in total. The second-order valence-electron chi connectivity index (χ2n) is 10.0. The van der Waals surface area contributed by atoms with Crippen LogP contribution in [-0.2, 0) is 20.8 Å². The summed E-state index contributed by atoms with van der Waals surface area (Å²) in [5.74, 6) is 1.34. The number of benzene rings is 3. The molecule has 222 valence electrons. The van der Waals surface area contributed by atoms with Crippen molar-refractivity contribution in [3.63, 3.8) is 0 Å². The van der Waals surface area contributed by atoms with Gasteiger partial charge in [0.05, 0.1) is 32.0 Å². The van der Waals surface area contributed by atoms with E-state index in [0.717, 1.165) is 60.5 Å². The predicted octanol–water partition coefficient (Wildman–Crippen LogP) is 8.27. The minimum Gasteiger partial charge on any atom is -0.491 e. The Kier molecular flexibility index (Phi) is 15.4. The first-order chi connectivity index (χ1) is 20.2. The van der Waals surface area contributed by atoms with Crippen molar-refractivity contribution in [1.29, 1.82) is 0 Å². The van der Waals surface area contributed by atoms with Gasteiger partial charge in [-0.05, 0) is 65.9 Å². The number of unbranched alkanes of at least 4 members (excludes halogenated alkanes) is 5. The van der Waals surface area contributed by atoms with Gasteiger partial charge in [-0.1, -0.05) is 82.3 Å². The molecule has 0 saturated carbocycles. The van der Waals surface area contributed by atoms with Gasteiger partial charge in [-0.25, -0.2) is 4.79 Å². The van der Waals surface area contributed by atoms with Crippen LogP contribution in [0.2, 0.25) is 0 Å². The van der Waals surface area contributed by atoms with Gasteiger partial charge in [-0.3, -0.25) is 0 Å². The minimum atomic E-state index is -0.267. The molecule has 0 heterocycles. The van der Waals surface area contributed by atoms with Crippen LogP contribution in [0.1, 0.15) is 74.7 Å². The molecule has 0 spiro atoms. The lowest BCUT2D eigenvalue weighted by Crippen LogP contribution is -2.11. The van der Waals surface area contributed by atoms with Crippen LogP contribution in [0.15, 0.2) is 72.8 Å². The zero-order valence-corrected chi connectivity index (χ0v) is 24.8. The molecule has 0 bridgehead atoms. The Morgan fingerprint density at radius 1 is 0.537 bits per heavy atom. The zero-order chi connectivity index (χ0) is 29.0. The lowest BCUT2D eigenvalue weighted by molar-refractivity contribution is 0.0356. The Hall–Kier alpha value is -3.35. The van der Waals surface area contributed by atoms with Gasteiger partial charge in [0.2, 0.25) is 0 Å². The molecule has 3 aromatic carbocycles. The molecule has 6 heteroatoms. The molecule has 0 aromatic heterocycles. The lowest BCUT2D eigenvalue weighted by atomic mass is 10.1. The Bertz CT molecular complexity index is 1090. The third-order valence-electron chi connectivity index (χ3n) is 6.63. The molecule has 0 aliphatic heterocycles.